The molecule has 10 heteroatoms. The van der Waals surface area contributed by atoms with Gasteiger partial charge >= 0.3 is 17.9 Å². The maximum atomic E-state index is 12.5. The van der Waals surface area contributed by atoms with E-state index in [4.69, 9.17) is 9.47 Å². The number of hydrogen-bond donors (Lipinski definition) is 0. The normalized spacial score (nSPS) is 11.5. The van der Waals surface area contributed by atoms with Crippen molar-refractivity contribution >= 4 is 30.0 Å². The third-order valence-electron chi connectivity index (χ3n) is 2.57. The second-order valence-electron chi connectivity index (χ2n) is 7.28. The van der Waals surface area contributed by atoms with Crippen LogP contribution in [0.1, 0.15) is 51.9 Å². The van der Waals surface area contributed by atoms with Crippen molar-refractivity contribution in [1.29, 1.82) is 0 Å². The van der Waals surface area contributed by atoms with Crippen molar-refractivity contribution < 1.29 is 28.8 Å². The van der Waals surface area contributed by atoms with Crippen LogP contribution in [-0.4, -0.2) is 39.6 Å². The predicted molar refractivity (Wildman–Crippen MR) is 91.2 cm³/mol. The van der Waals surface area contributed by atoms with Crippen LogP contribution in [0.4, 0.5) is 21.1 Å². The highest BCUT2D eigenvalue weighted by molar-refractivity contribution is 6.10. The van der Waals surface area contributed by atoms with E-state index in [-0.39, 0.29) is 5.56 Å². The first-order valence-electron chi connectivity index (χ1n) is 7.61. The highest BCUT2D eigenvalue weighted by Gasteiger charge is 2.37. The van der Waals surface area contributed by atoms with Crippen LogP contribution in [-0.2, 0) is 9.47 Å². The highest BCUT2D eigenvalue weighted by atomic mass is 16.6. The Bertz CT molecular complexity index is 704. The van der Waals surface area contributed by atoms with Crippen molar-refractivity contribution in [3.8, 4) is 0 Å². The summed E-state index contributed by atoms with van der Waals surface area (Å²) in [4.78, 5) is 50.3. The van der Waals surface area contributed by atoms with Crippen LogP contribution in [0.5, 0.6) is 0 Å². The number of hydrogen-bond acceptors (Lipinski definition) is 8. The van der Waals surface area contributed by atoms with Crippen LogP contribution in [0.15, 0.2) is 12.3 Å². The molecule has 0 saturated heterocycles. The highest BCUT2D eigenvalue weighted by Crippen LogP contribution is 2.29. The van der Waals surface area contributed by atoms with E-state index in [9.17, 15) is 24.5 Å². The van der Waals surface area contributed by atoms with Gasteiger partial charge in [0.1, 0.15) is 11.2 Å². The minimum absolute atomic E-state index is 0.0891. The van der Waals surface area contributed by atoms with Gasteiger partial charge in [0, 0.05) is 17.8 Å². The summed E-state index contributed by atoms with van der Waals surface area (Å²) in [6.45, 7) is 9.39. The average molecular weight is 367 g/mol. The first kappa shape index (κ1) is 21.0. The molecule has 0 aliphatic carbocycles. The van der Waals surface area contributed by atoms with Crippen molar-refractivity contribution in [3.05, 3.63) is 27.9 Å². The number of nitro groups is 1. The summed E-state index contributed by atoms with van der Waals surface area (Å²) < 4.78 is 10.3. The predicted octanol–water partition coefficient (Wildman–Crippen LogP) is 3.48. The monoisotopic (exact) mass is 367 g/mol. The summed E-state index contributed by atoms with van der Waals surface area (Å²) in [6.07, 6.45) is -1.03. The number of carbonyl (C=O) groups is 3. The lowest BCUT2D eigenvalue weighted by Gasteiger charge is -2.27. The number of anilines is 1. The van der Waals surface area contributed by atoms with E-state index in [2.05, 4.69) is 4.98 Å². The first-order valence-corrected chi connectivity index (χ1v) is 7.61. The van der Waals surface area contributed by atoms with Crippen molar-refractivity contribution in [3.63, 3.8) is 0 Å². The quantitative estimate of drug-likeness (QED) is 0.451. The van der Waals surface area contributed by atoms with Gasteiger partial charge in [0.05, 0.1) is 4.92 Å². The molecule has 1 heterocycles. The van der Waals surface area contributed by atoms with E-state index in [1.165, 1.54) is 0 Å². The van der Waals surface area contributed by atoms with Crippen LogP contribution in [0.2, 0.25) is 0 Å². The zero-order valence-corrected chi connectivity index (χ0v) is 15.4. The largest absolute Gasteiger partial charge is 0.443 e. The lowest BCUT2D eigenvalue weighted by molar-refractivity contribution is -0.384. The zero-order valence-electron chi connectivity index (χ0n) is 15.4. The number of ether oxygens (including phenoxy) is 2. The molecule has 10 nitrogen and oxygen atoms in total. The van der Waals surface area contributed by atoms with Gasteiger partial charge in [-0.25, -0.2) is 14.6 Å². The minimum Gasteiger partial charge on any atom is -0.443 e. The Balaban J connectivity index is 3.50. The molecule has 0 spiro atoms. The first-order chi connectivity index (χ1) is 11.7. The second-order valence-corrected chi connectivity index (χ2v) is 7.28. The number of imide groups is 1. The Morgan fingerprint density at radius 2 is 1.58 bits per heavy atom. The van der Waals surface area contributed by atoms with Crippen LogP contribution < -0.4 is 4.90 Å². The molecule has 0 fully saturated rings. The number of aromatic nitrogens is 1. The average Bonchev–Trinajstić information content (AvgIpc) is 2.43. The number of aldehydes is 1. The van der Waals surface area contributed by atoms with Crippen molar-refractivity contribution in [1.82, 2.24) is 4.98 Å². The molecule has 0 aliphatic rings. The Labute approximate surface area is 150 Å². The number of rotatable bonds is 3. The Hall–Kier alpha value is -3.04. The molecule has 0 atom stereocenters. The fourth-order valence-corrected chi connectivity index (χ4v) is 1.70. The molecule has 0 aliphatic heterocycles. The van der Waals surface area contributed by atoms with Crippen LogP contribution in [0, 0.1) is 10.1 Å². The van der Waals surface area contributed by atoms with Crippen molar-refractivity contribution in [2.45, 2.75) is 52.7 Å². The van der Waals surface area contributed by atoms with E-state index in [1.807, 2.05) is 0 Å². The van der Waals surface area contributed by atoms with Crippen molar-refractivity contribution in [2.24, 2.45) is 0 Å². The number of amides is 2. The summed E-state index contributed by atoms with van der Waals surface area (Å²) in [5.41, 5.74) is -2.76. The van der Waals surface area contributed by atoms with Gasteiger partial charge in [-0.3, -0.25) is 14.9 Å². The van der Waals surface area contributed by atoms with Crippen LogP contribution >= 0.6 is 0 Å². The summed E-state index contributed by atoms with van der Waals surface area (Å²) in [6, 6.07) is 0.900. The molecular weight excluding hydrogens is 346 g/mol. The number of carbonyl (C=O) groups excluding carboxylic acids is 3. The summed E-state index contributed by atoms with van der Waals surface area (Å²) in [5.74, 6) is -0.607. The van der Waals surface area contributed by atoms with Gasteiger partial charge in [-0.1, -0.05) is 0 Å². The van der Waals surface area contributed by atoms with E-state index < -0.39 is 39.8 Å². The molecular formula is C16H21N3O7. The zero-order chi connectivity index (χ0) is 20.3. The van der Waals surface area contributed by atoms with Gasteiger partial charge in [0.15, 0.2) is 6.29 Å². The van der Waals surface area contributed by atoms with E-state index in [0.717, 1.165) is 12.3 Å². The molecule has 142 valence electrons. The second kappa shape index (κ2) is 7.46. The van der Waals surface area contributed by atoms with Gasteiger partial charge < -0.3 is 9.47 Å². The van der Waals surface area contributed by atoms with Crippen LogP contribution in [0.25, 0.3) is 0 Å². The van der Waals surface area contributed by atoms with Gasteiger partial charge in [0.2, 0.25) is 5.82 Å². The number of nitrogens with zero attached hydrogens (tertiary/aromatic N) is 3. The van der Waals surface area contributed by atoms with Gasteiger partial charge in [0.25, 0.3) is 0 Å². The molecule has 0 bridgehead atoms. The number of pyridine rings is 1. The van der Waals surface area contributed by atoms with Gasteiger partial charge in [-0.15, -0.1) is 0 Å². The molecule has 0 aromatic carbocycles. The fraction of sp³-hybridized carbons (Fsp3) is 0.500. The third kappa shape index (κ3) is 5.80. The maximum Gasteiger partial charge on any atom is 0.426 e. The lowest BCUT2D eigenvalue weighted by atomic mass is 10.2. The van der Waals surface area contributed by atoms with Crippen molar-refractivity contribution in [2.75, 3.05) is 4.90 Å². The Kier molecular flexibility index (Phi) is 6.03. The molecule has 0 unspecified atom stereocenters. The van der Waals surface area contributed by atoms with Crippen LogP contribution in [0.3, 0.4) is 0 Å². The summed E-state index contributed by atoms with van der Waals surface area (Å²) in [5, 5.41) is 11.3. The van der Waals surface area contributed by atoms with Gasteiger partial charge in [-0.05, 0) is 41.5 Å². The van der Waals surface area contributed by atoms with E-state index in [1.54, 1.807) is 41.5 Å². The molecule has 26 heavy (non-hydrogen) atoms. The molecule has 0 saturated carbocycles. The molecule has 1 aromatic heterocycles. The summed E-state index contributed by atoms with van der Waals surface area (Å²) in [7, 11) is 0. The van der Waals surface area contributed by atoms with Gasteiger partial charge in [-0.2, -0.15) is 4.90 Å². The smallest absolute Gasteiger partial charge is 0.426 e. The molecule has 1 aromatic rings. The Morgan fingerprint density at radius 1 is 1.12 bits per heavy atom. The van der Waals surface area contributed by atoms with E-state index >= 15 is 0 Å². The fourth-order valence-electron chi connectivity index (χ4n) is 1.70. The molecule has 0 radical (unpaired) electrons. The third-order valence-corrected chi connectivity index (χ3v) is 2.57. The molecule has 1 rings (SSSR count). The maximum absolute atomic E-state index is 12.5. The van der Waals surface area contributed by atoms with E-state index in [0.29, 0.717) is 11.2 Å². The SMILES string of the molecule is CC(C)(C)OC(=O)N(C(=O)OC(C)(C)C)c1ncc(C=O)cc1[N+](=O)[O-]. The standard InChI is InChI=1S/C16H21N3O7/c1-15(2,3)25-13(21)18(14(22)26-16(4,5)6)12-11(19(23)24)7-10(9-20)8-17-12/h7-9H,1-6H3. The summed E-state index contributed by atoms with van der Waals surface area (Å²) >= 11 is 0. The minimum atomic E-state index is -1.19. The molecule has 2 amide bonds. The molecule has 0 N–H and O–H groups in total. The Morgan fingerprint density at radius 3 is 1.92 bits per heavy atom. The topological polar surface area (TPSA) is 129 Å². The lowest BCUT2D eigenvalue weighted by Crippen LogP contribution is -2.44.